The summed E-state index contributed by atoms with van der Waals surface area (Å²) in [7, 11) is -3.83. The van der Waals surface area contributed by atoms with E-state index in [0.29, 0.717) is 29.9 Å². The molecule has 7 rings (SSSR count). The van der Waals surface area contributed by atoms with Crippen molar-refractivity contribution in [2.45, 2.75) is 62.3 Å². The molecule has 1 aromatic heterocycles. The lowest BCUT2D eigenvalue weighted by molar-refractivity contribution is -0.140. The molecule has 0 spiro atoms. The first-order valence-corrected chi connectivity index (χ1v) is 13.4. The standard InChI is InChI=1S/C22H26N4O3S2/c1-13-6-17-4-2-3-5-18(17)26(13)31(28,29)21-25-24-20(30-21)23-19(27)22-10-14-7-15(11-22)9-16(8-14)12-22/h2-5,13-16H,6-12H2,1H3,(H,23,24,27)/t13-,14?,15?,16?,22?/m1/s1. The molecule has 4 saturated carbocycles. The third-order valence-corrected chi connectivity index (χ3v) is 10.9. The Balaban J connectivity index is 1.24. The molecule has 1 N–H and O–H groups in total. The van der Waals surface area contributed by atoms with Crippen LogP contribution in [-0.4, -0.2) is 30.6 Å². The number of rotatable bonds is 4. The van der Waals surface area contributed by atoms with Crippen LogP contribution in [-0.2, 0) is 21.2 Å². The fourth-order valence-electron chi connectivity index (χ4n) is 6.97. The van der Waals surface area contributed by atoms with E-state index in [2.05, 4.69) is 15.5 Å². The molecule has 5 aliphatic rings. The van der Waals surface area contributed by atoms with Crippen molar-refractivity contribution < 1.29 is 13.2 Å². The zero-order valence-corrected chi connectivity index (χ0v) is 19.1. The maximum Gasteiger partial charge on any atom is 0.293 e. The number of fused-ring (bicyclic) bond motifs is 1. The van der Waals surface area contributed by atoms with Crippen molar-refractivity contribution in [1.82, 2.24) is 10.2 Å². The van der Waals surface area contributed by atoms with E-state index in [-0.39, 0.29) is 26.8 Å². The van der Waals surface area contributed by atoms with E-state index in [1.54, 1.807) is 0 Å². The molecule has 9 heteroatoms. The van der Waals surface area contributed by atoms with E-state index in [0.717, 1.165) is 36.2 Å². The predicted octanol–water partition coefficient (Wildman–Crippen LogP) is 3.83. The van der Waals surface area contributed by atoms with Crippen LogP contribution in [0, 0.1) is 23.2 Å². The monoisotopic (exact) mass is 458 g/mol. The van der Waals surface area contributed by atoms with Crippen molar-refractivity contribution >= 4 is 38.1 Å². The summed E-state index contributed by atoms with van der Waals surface area (Å²) in [6.45, 7) is 1.90. The summed E-state index contributed by atoms with van der Waals surface area (Å²) < 4.78 is 28.1. The number of nitrogens with zero attached hydrogens (tertiary/aromatic N) is 3. The van der Waals surface area contributed by atoms with Gasteiger partial charge < -0.3 is 5.32 Å². The Bertz CT molecular complexity index is 1120. The number of hydrogen-bond donors (Lipinski definition) is 1. The molecule has 1 aliphatic heterocycles. The first-order valence-electron chi connectivity index (χ1n) is 11.1. The van der Waals surface area contributed by atoms with E-state index >= 15 is 0 Å². The molecule has 2 aromatic rings. The van der Waals surface area contributed by atoms with Crippen molar-refractivity contribution in [3.63, 3.8) is 0 Å². The van der Waals surface area contributed by atoms with Crippen LogP contribution in [0.15, 0.2) is 28.6 Å². The summed E-state index contributed by atoms with van der Waals surface area (Å²) in [5, 5.41) is 11.2. The number of sulfonamides is 1. The Labute approximate surface area is 186 Å². The molecular weight excluding hydrogens is 432 g/mol. The van der Waals surface area contributed by atoms with Crippen LogP contribution in [0.2, 0.25) is 0 Å². The van der Waals surface area contributed by atoms with E-state index in [1.807, 2.05) is 31.2 Å². The normalized spacial score (nSPS) is 33.5. The van der Waals surface area contributed by atoms with Crippen LogP contribution in [0.3, 0.4) is 0 Å². The molecule has 2 heterocycles. The fourth-order valence-corrected chi connectivity index (χ4v) is 9.64. The third kappa shape index (κ3) is 3.03. The van der Waals surface area contributed by atoms with Crippen LogP contribution in [0.1, 0.15) is 51.0 Å². The minimum absolute atomic E-state index is 0.00610. The van der Waals surface area contributed by atoms with Gasteiger partial charge in [0, 0.05) is 6.04 Å². The molecule has 0 radical (unpaired) electrons. The van der Waals surface area contributed by atoms with Gasteiger partial charge in [-0.05, 0) is 81.3 Å². The van der Waals surface area contributed by atoms with Gasteiger partial charge in [0.05, 0.1) is 11.1 Å². The number of hydrogen-bond acceptors (Lipinski definition) is 6. The van der Waals surface area contributed by atoms with Crippen molar-refractivity contribution in [2.75, 3.05) is 9.62 Å². The molecular formula is C22H26N4O3S2. The van der Waals surface area contributed by atoms with Gasteiger partial charge in [-0.25, -0.2) is 0 Å². The van der Waals surface area contributed by atoms with Crippen LogP contribution >= 0.6 is 11.3 Å². The van der Waals surface area contributed by atoms with Gasteiger partial charge in [-0.1, -0.05) is 29.5 Å². The highest BCUT2D eigenvalue weighted by Gasteiger charge is 2.54. The molecule has 1 aromatic carbocycles. The van der Waals surface area contributed by atoms with Crippen molar-refractivity contribution in [1.29, 1.82) is 0 Å². The number of benzene rings is 1. The van der Waals surface area contributed by atoms with Crippen LogP contribution in [0.25, 0.3) is 0 Å². The maximum absolute atomic E-state index is 13.3. The number of aromatic nitrogens is 2. The predicted molar refractivity (Wildman–Crippen MR) is 118 cm³/mol. The highest BCUT2D eigenvalue weighted by molar-refractivity contribution is 7.94. The summed E-state index contributed by atoms with van der Waals surface area (Å²) in [4.78, 5) is 13.3. The summed E-state index contributed by atoms with van der Waals surface area (Å²) >= 11 is 0.952. The SMILES string of the molecule is C[C@@H]1Cc2ccccc2N1S(=O)(=O)c1nnc(NC(=O)C23CC4CC(CC(C4)C2)C3)s1. The second-order valence-electron chi connectivity index (χ2n) is 10.0. The van der Waals surface area contributed by atoms with Crippen molar-refractivity contribution in [3.05, 3.63) is 29.8 Å². The smallest absolute Gasteiger partial charge is 0.293 e. The van der Waals surface area contributed by atoms with Gasteiger partial charge in [0.1, 0.15) is 0 Å². The molecule has 31 heavy (non-hydrogen) atoms. The highest BCUT2D eigenvalue weighted by Crippen LogP contribution is 2.60. The summed E-state index contributed by atoms with van der Waals surface area (Å²) in [5.74, 6) is 2.00. The molecule has 4 fully saturated rings. The minimum Gasteiger partial charge on any atom is -0.300 e. The van der Waals surface area contributed by atoms with Crippen molar-refractivity contribution in [2.24, 2.45) is 23.2 Å². The number of carbonyl (C=O) groups excluding carboxylic acids is 1. The number of anilines is 2. The summed E-state index contributed by atoms with van der Waals surface area (Å²) in [6.07, 6.45) is 7.34. The van der Waals surface area contributed by atoms with Crippen LogP contribution in [0.4, 0.5) is 10.8 Å². The average Bonchev–Trinajstić information content (AvgIpc) is 3.31. The first kappa shape index (κ1) is 19.7. The Kier molecular flexibility index (Phi) is 4.28. The second-order valence-corrected chi connectivity index (χ2v) is 13.0. The molecule has 4 aliphatic carbocycles. The largest absolute Gasteiger partial charge is 0.300 e. The molecule has 0 unspecified atom stereocenters. The molecule has 0 saturated heterocycles. The topological polar surface area (TPSA) is 92.3 Å². The number of nitrogens with one attached hydrogen (secondary N) is 1. The molecule has 164 valence electrons. The van der Waals surface area contributed by atoms with Crippen LogP contribution < -0.4 is 9.62 Å². The first-order chi connectivity index (χ1) is 14.8. The van der Waals surface area contributed by atoms with Gasteiger partial charge in [-0.15, -0.1) is 10.2 Å². The second kappa shape index (κ2) is 6.75. The summed E-state index contributed by atoms with van der Waals surface area (Å²) in [6, 6.07) is 7.36. The zero-order chi connectivity index (χ0) is 21.4. The van der Waals surface area contributed by atoms with Gasteiger partial charge in [0.15, 0.2) is 0 Å². The fraction of sp³-hybridized carbons (Fsp3) is 0.591. The Morgan fingerprint density at radius 2 is 1.74 bits per heavy atom. The quantitative estimate of drug-likeness (QED) is 0.703. The van der Waals surface area contributed by atoms with Crippen LogP contribution in [0.5, 0.6) is 0 Å². The van der Waals surface area contributed by atoms with Gasteiger partial charge in [0.25, 0.3) is 14.4 Å². The number of carbonyl (C=O) groups is 1. The Morgan fingerprint density at radius 1 is 1.10 bits per heavy atom. The lowest BCUT2D eigenvalue weighted by Gasteiger charge is -2.55. The third-order valence-electron chi connectivity index (χ3n) is 7.77. The van der Waals surface area contributed by atoms with Gasteiger partial charge in [-0.3, -0.25) is 9.10 Å². The Hall–Kier alpha value is -2.00. The van der Waals surface area contributed by atoms with Gasteiger partial charge in [-0.2, -0.15) is 8.42 Å². The maximum atomic E-state index is 13.3. The average molecular weight is 459 g/mol. The molecule has 1 amide bonds. The minimum atomic E-state index is -3.83. The van der Waals surface area contributed by atoms with Gasteiger partial charge >= 0.3 is 0 Å². The van der Waals surface area contributed by atoms with E-state index in [4.69, 9.17) is 0 Å². The molecule has 4 bridgehead atoms. The lowest BCUT2D eigenvalue weighted by atomic mass is 9.49. The summed E-state index contributed by atoms with van der Waals surface area (Å²) in [5.41, 5.74) is 1.41. The highest BCUT2D eigenvalue weighted by atomic mass is 32.2. The van der Waals surface area contributed by atoms with Gasteiger partial charge in [0.2, 0.25) is 11.0 Å². The molecule has 7 nitrogen and oxygen atoms in total. The van der Waals surface area contributed by atoms with E-state index in [9.17, 15) is 13.2 Å². The molecule has 1 atom stereocenters. The van der Waals surface area contributed by atoms with E-state index < -0.39 is 10.0 Å². The van der Waals surface area contributed by atoms with E-state index in [1.165, 1.54) is 23.6 Å². The number of para-hydroxylation sites is 1. The zero-order valence-electron chi connectivity index (χ0n) is 17.5. The van der Waals surface area contributed by atoms with Crippen molar-refractivity contribution in [3.8, 4) is 0 Å². The lowest BCUT2D eigenvalue weighted by Crippen LogP contribution is -2.51. The Morgan fingerprint density at radius 3 is 2.42 bits per heavy atom. The number of amides is 1.